The second kappa shape index (κ2) is 5.00. The summed E-state index contributed by atoms with van der Waals surface area (Å²) < 4.78 is 2.15. The number of aromatic nitrogens is 1. The lowest BCUT2D eigenvalue weighted by Gasteiger charge is -1.96. The third-order valence-corrected chi connectivity index (χ3v) is 1.87. The van der Waals surface area contributed by atoms with Crippen LogP contribution in [0.1, 0.15) is 32.0 Å². The highest BCUT2D eigenvalue weighted by Crippen LogP contribution is 2.07. The molecule has 0 aliphatic heterocycles. The van der Waals surface area contributed by atoms with Gasteiger partial charge < -0.3 is 4.57 Å². The first kappa shape index (κ1) is 10.3. The van der Waals surface area contributed by atoms with E-state index in [0.717, 1.165) is 6.42 Å². The summed E-state index contributed by atoms with van der Waals surface area (Å²) in [5.74, 6) is 0. The number of hydrogen-bond donors (Lipinski definition) is 0. The van der Waals surface area contributed by atoms with E-state index in [1.165, 1.54) is 11.3 Å². The Hall–Kier alpha value is -0.720. The largest absolute Gasteiger partial charge is 0.354 e. The first-order valence-corrected chi connectivity index (χ1v) is 4.36. The summed E-state index contributed by atoms with van der Waals surface area (Å²) in [6.45, 7) is 8.33. The van der Waals surface area contributed by atoms with Gasteiger partial charge in [0.25, 0.3) is 0 Å². The highest BCUT2D eigenvalue weighted by molar-refractivity contribution is 5.20. The van der Waals surface area contributed by atoms with E-state index in [4.69, 9.17) is 0 Å². The van der Waals surface area contributed by atoms with Crippen LogP contribution in [0.4, 0.5) is 0 Å². The Labute approximate surface area is 70.0 Å². The fraction of sp³-hybridized carbons (Fsp3) is 0.600. The molecule has 0 amide bonds. The Morgan fingerprint density at radius 3 is 2.09 bits per heavy atom. The van der Waals surface area contributed by atoms with Crippen molar-refractivity contribution in [3.8, 4) is 0 Å². The van der Waals surface area contributed by atoms with Gasteiger partial charge in [-0.15, -0.1) is 0 Å². The molecule has 0 fully saturated rings. The molecule has 1 heteroatoms. The maximum atomic E-state index is 2.18. The predicted octanol–water partition coefficient (Wildman–Crippen LogP) is 2.92. The van der Waals surface area contributed by atoms with Crippen molar-refractivity contribution in [1.29, 1.82) is 0 Å². The normalized spacial score (nSPS) is 8.82. The summed E-state index contributed by atoms with van der Waals surface area (Å²) in [6.07, 6.45) is 3.25. The van der Waals surface area contributed by atoms with Crippen LogP contribution in [-0.2, 0) is 13.5 Å². The summed E-state index contributed by atoms with van der Waals surface area (Å²) in [6, 6.07) is 2.18. The highest BCUT2D eigenvalue weighted by atomic mass is 14.9. The smallest absolute Gasteiger partial charge is 0.0172 e. The standard InChI is InChI=1S/C8H13N.C2H6/c1-4-8-5-6-9(3)7(8)2;1-2/h5-6H,4H2,1-3H3;1-2H3. The van der Waals surface area contributed by atoms with Gasteiger partial charge >= 0.3 is 0 Å². The molecule has 1 aromatic heterocycles. The van der Waals surface area contributed by atoms with Crippen LogP contribution in [0.15, 0.2) is 12.3 Å². The lowest BCUT2D eigenvalue weighted by Crippen LogP contribution is -1.89. The molecule has 1 rings (SSSR count). The zero-order chi connectivity index (χ0) is 8.85. The van der Waals surface area contributed by atoms with Crippen molar-refractivity contribution in [3.05, 3.63) is 23.5 Å². The molecule has 1 heterocycles. The molecule has 0 spiro atoms. The maximum absolute atomic E-state index is 2.18. The minimum absolute atomic E-state index is 1.15. The van der Waals surface area contributed by atoms with Crippen LogP contribution in [0.5, 0.6) is 0 Å². The molecule has 0 saturated carbocycles. The van der Waals surface area contributed by atoms with Crippen LogP contribution >= 0.6 is 0 Å². The number of rotatable bonds is 1. The molecule has 0 atom stereocenters. The third kappa shape index (κ3) is 2.41. The molecule has 0 N–H and O–H groups in total. The molecule has 64 valence electrons. The van der Waals surface area contributed by atoms with Crippen LogP contribution in [0.25, 0.3) is 0 Å². The average Bonchev–Trinajstić information content (AvgIpc) is 2.37. The average molecular weight is 153 g/mol. The summed E-state index contributed by atoms with van der Waals surface area (Å²) in [5, 5.41) is 0. The van der Waals surface area contributed by atoms with Gasteiger partial charge in [-0.3, -0.25) is 0 Å². The van der Waals surface area contributed by atoms with Gasteiger partial charge in [-0.05, 0) is 25.0 Å². The molecule has 11 heavy (non-hydrogen) atoms. The summed E-state index contributed by atoms with van der Waals surface area (Å²) in [4.78, 5) is 0. The fourth-order valence-corrected chi connectivity index (χ4v) is 1.03. The Kier molecular flexibility index (Phi) is 4.67. The number of hydrogen-bond acceptors (Lipinski definition) is 0. The maximum Gasteiger partial charge on any atom is 0.0172 e. The van der Waals surface area contributed by atoms with E-state index in [2.05, 4.69) is 37.7 Å². The minimum Gasteiger partial charge on any atom is -0.354 e. The Morgan fingerprint density at radius 2 is 1.91 bits per heavy atom. The quantitative estimate of drug-likeness (QED) is 0.584. The molecule has 0 bridgehead atoms. The van der Waals surface area contributed by atoms with E-state index in [1.807, 2.05) is 13.8 Å². The van der Waals surface area contributed by atoms with Gasteiger partial charge in [0.1, 0.15) is 0 Å². The van der Waals surface area contributed by atoms with E-state index >= 15 is 0 Å². The van der Waals surface area contributed by atoms with Crippen LogP contribution < -0.4 is 0 Å². The first-order chi connectivity index (χ1) is 5.25. The van der Waals surface area contributed by atoms with Gasteiger partial charge in [0.2, 0.25) is 0 Å². The molecule has 0 radical (unpaired) electrons. The van der Waals surface area contributed by atoms with Crippen LogP contribution in [0, 0.1) is 6.92 Å². The number of nitrogens with zero attached hydrogens (tertiary/aromatic N) is 1. The number of aryl methyl sites for hydroxylation is 2. The van der Waals surface area contributed by atoms with Gasteiger partial charge in [-0.2, -0.15) is 0 Å². The molecule has 1 aromatic rings. The Balaban J connectivity index is 0.000000461. The molecule has 0 aliphatic rings. The zero-order valence-electron chi connectivity index (χ0n) is 8.31. The molecule has 1 nitrogen and oxygen atoms in total. The first-order valence-electron chi connectivity index (χ1n) is 4.36. The van der Waals surface area contributed by atoms with E-state index in [-0.39, 0.29) is 0 Å². The van der Waals surface area contributed by atoms with E-state index < -0.39 is 0 Å². The second-order valence-electron chi connectivity index (χ2n) is 2.39. The molecular formula is C10H19N. The van der Waals surface area contributed by atoms with E-state index in [1.54, 1.807) is 0 Å². The second-order valence-corrected chi connectivity index (χ2v) is 2.39. The van der Waals surface area contributed by atoms with Crippen molar-refractivity contribution < 1.29 is 0 Å². The van der Waals surface area contributed by atoms with Crippen LogP contribution in [0.2, 0.25) is 0 Å². The molecule has 0 aromatic carbocycles. The molecule has 0 aliphatic carbocycles. The van der Waals surface area contributed by atoms with Crippen molar-refractivity contribution in [2.75, 3.05) is 0 Å². The molecule has 0 saturated heterocycles. The van der Waals surface area contributed by atoms with Gasteiger partial charge in [0.15, 0.2) is 0 Å². The Morgan fingerprint density at radius 1 is 1.36 bits per heavy atom. The summed E-state index contributed by atoms with van der Waals surface area (Å²) >= 11 is 0. The summed E-state index contributed by atoms with van der Waals surface area (Å²) in [7, 11) is 2.08. The minimum atomic E-state index is 1.15. The van der Waals surface area contributed by atoms with Crippen molar-refractivity contribution >= 4 is 0 Å². The topological polar surface area (TPSA) is 4.93 Å². The Bertz CT molecular complexity index is 199. The van der Waals surface area contributed by atoms with Gasteiger partial charge in [0, 0.05) is 18.9 Å². The van der Waals surface area contributed by atoms with Crippen molar-refractivity contribution in [2.24, 2.45) is 7.05 Å². The van der Waals surface area contributed by atoms with Crippen molar-refractivity contribution in [3.63, 3.8) is 0 Å². The van der Waals surface area contributed by atoms with E-state index in [9.17, 15) is 0 Å². The summed E-state index contributed by atoms with van der Waals surface area (Å²) in [5.41, 5.74) is 2.84. The van der Waals surface area contributed by atoms with Gasteiger partial charge in [0.05, 0.1) is 0 Å². The lowest BCUT2D eigenvalue weighted by atomic mass is 10.2. The van der Waals surface area contributed by atoms with Gasteiger partial charge in [-0.25, -0.2) is 0 Å². The van der Waals surface area contributed by atoms with Crippen molar-refractivity contribution in [2.45, 2.75) is 34.1 Å². The van der Waals surface area contributed by atoms with Crippen molar-refractivity contribution in [1.82, 2.24) is 4.57 Å². The van der Waals surface area contributed by atoms with Crippen LogP contribution in [-0.4, -0.2) is 4.57 Å². The lowest BCUT2D eigenvalue weighted by molar-refractivity contribution is 0.870. The highest BCUT2D eigenvalue weighted by Gasteiger charge is 1.96. The monoisotopic (exact) mass is 153 g/mol. The van der Waals surface area contributed by atoms with E-state index in [0.29, 0.717) is 0 Å². The van der Waals surface area contributed by atoms with Crippen LogP contribution in [0.3, 0.4) is 0 Å². The molecular weight excluding hydrogens is 134 g/mol. The SMILES string of the molecule is CC.CCc1ccn(C)c1C. The predicted molar refractivity (Wildman–Crippen MR) is 50.9 cm³/mol. The fourth-order valence-electron chi connectivity index (χ4n) is 1.03. The third-order valence-electron chi connectivity index (χ3n) is 1.87. The molecule has 0 unspecified atom stereocenters. The van der Waals surface area contributed by atoms with Gasteiger partial charge in [-0.1, -0.05) is 20.8 Å². The zero-order valence-corrected chi connectivity index (χ0v) is 8.31.